The molecule has 0 aromatic carbocycles. The van der Waals surface area contributed by atoms with E-state index in [1.165, 1.54) is 32.1 Å². The number of hydrogen-bond acceptors (Lipinski definition) is 5. The summed E-state index contributed by atoms with van der Waals surface area (Å²) in [6, 6.07) is 0. The molecule has 0 unspecified atom stereocenters. The third kappa shape index (κ3) is 3.54. The van der Waals surface area contributed by atoms with E-state index >= 15 is 0 Å². The van der Waals surface area contributed by atoms with Crippen LogP contribution in [0, 0.1) is 5.92 Å². The first-order valence-electron chi connectivity index (χ1n) is 5.91. The Labute approximate surface area is 109 Å². The van der Waals surface area contributed by atoms with E-state index in [4.69, 9.17) is 10.6 Å². The van der Waals surface area contributed by atoms with Gasteiger partial charge in [0.05, 0.1) is 17.3 Å². The van der Waals surface area contributed by atoms with Gasteiger partial charge in [0.15, 0.2) is 0 Å². The van der Waals surface area contributed by atoms with Crippen LogP contribution in [0.25, 0.3) is 0 Å². The van der Waals surface area contributed by atoms with E-state index in [0.29, 0.717) is 17.7 Å². The lowest BCUT2D eigenvalue weighted by molar-refractivity contribution is 0.202. The molecule has 0 spiro atoms. The number of nitrogens with one attached hydrogen (secondary N) is 1. The van der Waals surface area contributed by atoms with E-state index < -0.39 is 0 Å². The van der Waals surface area contributed by atoms with Gasteiger partial charge < -0.3 is 4.74 Å². The first-order chi connectivity index (χ1) is 8.29. The topological polar surface area (TPSA) is 73.1 Å². The molecule has 1 aliphatic carbocycles. The first-order valence-corrected chi connectivity index (χ1v) is 6.71. The summed E-state index contributed by atoms with van der Waals surface area (Å²) in [7, 11) is 0. The van der Waals surface area contributed by atoms with E-state index in [1.807, 2.05) is 0 Å². The van der Waals surface area contributed by atoms with Gasteiger partial charge >= 0.3 is 0 Å². The quantitative estimate of drug-likeness (QED) is 0.660. The smallest absolute Gasteiger partial charge is 0.240 e. The van der Waals surface area contributed by atoms with Crippen molar-refractivity contribution < 1.29 is 4.74 Å². The van der Waals surface area contributed by atoms with E-state index in [2.05, 4.69) is 31.3 Å². The second-order valence-corrected chi connectivity index (χ2v) is 5.16. The highest BCUT2D eigenvalue weighted by Crippen LogP contribution is 2.27. The van der Waals surface area contributed by atoms with Crippen LogP contribution in [0.2, 0.25) is 0 Å². The lowest BCUT2D eigenvalue weighted by Gasteiger charge is -2.21. The fraction of sp³-hybridized carbons (Fsp3) is 0.636. The number of hydrogen-bond donors (Lipinski definition) is 2. The van der Waals surface area contributed by atoms with E-state index in [0.717, 1.165) is 11.1 Å². The maximum absolute atomic E-state index is 5.73. The summed E-state index contributed by atoms with van der Waals surface area (Å²) < 4.78 is 6.48. The van der Waals surface area contributed by atoms with Crippen LogP contribution in [0.15, 0.2) is 10.7 Å². The average Bonchev–Trinajstić information content (AvgIpc) is 2.39. The summed E-state index contributed by atoms with van der Waals surface area (Å²) in [6.07, 6.45) is 8.13. The number of rotatable bonds is 4. The molecule has 2 rings (SSSR count). The lowest BCUT2D eigenvalue weighted by atomic mass is 9.90. The van der Waals surface area contributed by atoms with Crippen LogP contribution in [0.1, 0.15) is 32.1 Å². The zero-order valence-electron chi connectivity index (χ0n) is 9.66. The molecule has 0 bridgehead atoms. The Morgan fingerprint density at radius 2 is 2.18 bits per heavy atom. The molecule has 3 N–H and O–H groups in total. The van der Waals surface area contributed by atoms with Gasteiger partial charge in [-0.25, -0.2) is 10.8 Å². The highest BCUT2D eigenvalue weighted by atomic mass is 79.9. The SMILES string of the molecule is NNc1ncc(Br)c(OCC2CCCCC2)n1. The fourth-order valence-corrected chi connectivity index (χ4v) is 2.38. The number of anilines is 1. The second kappa shape index (κ2) is 6.16. The van der Waals surface area contributed by atoms with Crippen molar-refractivity contribution in [3.05, 3.63) is 10.7 Å². The third-order valence-corrected chi connectivity index (χ3v) is 3.57. The normalized spacial score (nSPS) is 16.8. The van der Waals surface area contributed by atoms with Gasteiger partial charge in [0.2, 0.25) is 11.8 Å². The predicted octanol–water partition coefficient (Wildman–Crippen LogP) is 2.48. The molecule has 0 aliphatic heterocycles. The van der Waals surface area contributed by atoms with Crippen molar-refractivity contribution >= 4 is 21.9 Å². The molecular formula is C11H17BrN4O. The van der Waals surface area contributed by atoms with Gasteiger partial charge in [0.25, 0.3) is 0 Å². The molecule has 1 fully saturated rings. The van der Waals surface area contributed by atoms with Gasteiger partial charge in [-0.05, 0) is 34.7 Å². The summed E-state index contributed by atoms with van der Waals surface area (Å²) in [6.45, 7) is 0.722. The van der Waals surface area contributed by atoms with Crippen molar-refractivity contribution in [1.82, 2.24) is 9.97 Å². The number of ether oxygens (including phenoxy) is 1. The Kier molecular flexibility index (Phi) is 4.56. The van der Waals surface area contributed by atoms with Gasteiger partial charge in [-0.1, -0.05) is 19.3 Å². The number of hydrazine groups is 1. The Morgan fingerprint density at radius 3 is 2.88 bits per heavy atom. The number of aromatic nitrogens is 2. The summed E-state index contributed by atoms with van der Waals surface area (Å²) in [4.78, 5) is 8.14. The minimum Gasteiger partial charge on any atom is -0.476 e. The van der Waals surface area contributed by atoms with Gasteiger partial charge in [-0.15, -0.1) is 0 Å². The van der Waals surface area contributed by atoms with Crippen molar-refractivity contribution in [3.63, 3.8) is 0 Å². The number of nitrogen functional groups attached to an aromatic ring is 1. The molecule has 5 nitrogen and oxygen atoms in total. The van der Waals surface area contributed by atoms with Crippen LogP contribution in [0.5, 0.6) is 5.88 Å². The van der Waals surface area contributed by atoms with Gasteiger partial charge in [0.1, 0.15) is 0 Å². The maximum Gasteiger partial charge on any atom is 0.240 e. The molecule has 0 radical (unpaired) electrons. The Hall–Kier alpha value is -0.880. The highest BCUT2D eigenvalue weighted by Gasteiger charge is 2.15. The van der Waals surface area contributed by atoms with E-state index in [-0.39, 0.29) is 0 Å². The van der Waals surface area contributed by atoms with Gasteiger partial charge in [-0.3, -0.25) is 5.43 Å². The largest absolute Gasteiger partial charge is 0.476 e. The second-order valence-electron chi connectivity index (χ2n) is 4.31. The average molecular weight is 301 g/mol. The zero-order valence-corrected chi connectivity index (χ0v) is 11.2. The Balaban J connectivity index is 1.92. The molecule has 1 saturated carbocycles. The molecule has 94 valence electrons. The molecule has 1 aromatic rings. The molecule has 17 heavy (non-hydrogen) atoms. The summed E-state index contributed by atoms with van der Waals surface area (Å²) in [5, 5.41) is 0. The number of nitrogens with two attached hydrogens (primary N) is 1. The molecular weight excluding hydrogens is 284 g/mol. The number of nitrogens with zero attached hydrogens (tertiary/aromatic N) is 2. The van der Waals surface area contributed by atoms with Crippen LogP contribution in [0.3, 0.4) is 0 Å². The van der Waals surface area contributed by atoms with Crippen LogP contribution >= 0.6 is 15.9 Å². The van der Waals surface area contributed by atoms with Crippen LogP contribution < -0.4 is 16.0 Å². The minimum absolute atomic E-state index is 0.367. The van der Waals surface area contributed by atoms with Crippen LogP contribution in [-0.2, 0) is 0 Å². The molecule has 0 saturated heterocycles. The van der Waals surface area contributed by atoms with Gasteiger partial charge in [-0.2, -0.15) is 4.98 Å². The molecule has 1 heterocycles. The van der Waals surface area contributed by atoms with Crippen molar-refractivity contribution in [2.75, 3.05) is 12.0 Å². The van der Waals surface area contributed by atoms with Crippen LogP contribution in [0.4, 0.5) is 5.95 Å². The number of halogens is 1. The molecule has 0 atom stereocenters. The summed E-state index contributed by atoms with van der Waals surface area (Å²) >= 11 is 3.37. The van der Waals surface area contributed by atoms with Crippen molar-refractivity contribution in [1.29, 1.82) is 0 Å². The van der Waals surface area contributed by atoms with E-state index in [1.54, 1.807) is 6.20 Å². The minimum atomic E-state index is 0.367. The van der Waals surface area contributed by atoms with Crippen LogP contribution in [-0.4, -0.2) is 16.6 Å². The fourth-order valence-electron chi connectivity index (χ4n) is 2.07. The molecule has 6 heteroatoms. The van der Waals surface area contributed by atoms with Crippen molar-refractivity contribution in [3.8, 4) is 5.88 Å². The monoisotopic (exact) mass is 300 g/mol. The standard InChI is InChI=1S/C11H17BrN4O/c12-9-6-14-11(16-13)15-10(9)17-7-8-4-2-1-3-5-8/h6,8H,1-5,7,13H2,(H,14,15,16). The third-order valence-electron chi connectivity index (χ3n) is 3.02. The van der Waals surface area contributed by atoms with E-state index in [9.17, 15) is 0 Å². The molecule has 1 aromatic heterocycles. The molecule has 0 amide bonds. The summed E-state index contributed by atoms with van der Waals surface area (Å²) in [5.74, 6) is 6.84. The predicted molar refractivity (Wildman–Crippen MR) is 69.6 cm³/mol. The van der Waals surface area contributed by atoms with Gasteiger partial charge in [0, 0.05) is 0 Å². The Morgan fingerprint density at radius 1 is 1.41 bits per heavy atom. The van der Waals surface area contributed by atoms with Crippen molar-refractivity contribution in [2.45, 2.75) is 32.1 Å². The maximum atomic E-state index is 5.73. The highest BCUT2D eigenvalue weighted by molar-refractivity contribution is 9.10. The zero-order chi connectivity index (χ0) is 12.1. The Bertz CT molecular complexity index is 368. The van der Waals surface area contributed by atoms with Crippen molar-refractivity contribution in [2.24, 2.45) is 11.8 Å². The summed E-state index contributed by atoms with van der Waals surface area (Å²) in [5.41, 5.74) is 2.41. The first kappa shape index (κ1) is 12.6. The lowest BCUT2D eigenvalue weighted by Crippen LogP contribution is -2.17. The molecule has 1 aliphatic rings.